The van der Waals surface area contributed by atoms with Gasteiger partial charge in [0.25, 0.3) is 0 Å². The van der Waals surface area contributed by atoms with E-state index in [0.717, 1.165) is 32.3 Å². The van der Waals surface area contributed by atoms with Crippen LogP contribution in [-0.4, -0.2) is 50.2 Å². The first-order valence-electron chi connectivity index (χ1n) is 6.76. The summed E-state index contributed by atoms with van der Waals surface area (Å²) in [5.41, 5.74) is 0. The highest BCUT2D eigenvalue weighted by atomic mass is 35.5. The maximum absolute atomic E-state index is 12.3. The number of unbranched alkanes of at least 4 members (excludes halogenated alkanes) is 1. The summed E-state index contributed by atoms with van der Waals surface area (Å²) in [5, 5.41) is 0. The lowest BCUT2D eigenvalue weighted by atomic mass is 10.1. The molecule has 2 fully saturated rings. The molecule has 2 rings (SSSR count). The van der Waals surface area contributed by atoms with Crippen LogP contribution in [-0.2, 0) is 14.8 Å². The van der Waals surface area contributed by atoms with Gasteiger partial charge < -0.3 is 4.74 Å². The third kappa shape index (κ3) is 4.08. The number of sulfonamides is 1. The molecule has 1 aliphatic carbocycles. The van der Waals surface area contributed by atoms with Crippen LogP contribution in [0.4, 0.5) is 0 Å². The van der Waals surface area contributed by atoms with E-state index in [1.165, 1.54) is 0 Å². The predicted octanol–water partition coefficient (Wildman–Crippen LogP) is 1.84. The van der Waals surface area contributed by atoms with Crippen LogP contribution in [0.25, 0.3) is 0 Å². The molecule has 1 unspecified atom stereocenters. The Kier molecular flexibility index (Phi) is 5.30. The number of hydrogen-bond acceptors (Lipinski definition) is 3. The number of ether oxygens (including phenoxy) is 1. The molecule has 1 atom stereocenters. The van der Waals surface area contributed by atoms with Crippen LogP contribution in [0.1, 0.15) is 32.1 Å². The first-order chi connectivity index (χ1) is 8.63. The van der Waals surface area contributed by atoms with E-state index in [9.17, 15) is 8.42 Å². The van der Waals surface area contributed by atoms with Crippen molar-refractivity contribution in [3.63, 3.8) is 0 Å². The highest BCUT2D eigenvalue weighted by Gasteiger charge is 2.38. The monoisotopic (exact) mass is 295 g/mol. The largest absolute Gasteiger partial charge is 0.381 e. The lowest BCUT2D eigenvalue weighted by Crippen LogP contribution is -2.38. The SMILES string of the molecule is O=S(=O)(CCCCCl)N(CC1CCOC1)C1CC1. The predicted molar refractivity (Wildman–Crippen MR) is 72.4 cm³/mol. The number of alkyl halides is 1. The Hall–Kier alpha value is 0.160. The van der Waals surface area contributed by atoms with Gasteiger partial charge in [-0.1, -0.05) is 0 Å². The van der Waals surface area contributed by atoms with Gasteiger partial charge in [0.2, 0.25) is 10.0 Å². The molecule has 0 amide bonds. The lowest BCUT2D eigenvalue weighted by Gasteiger charge is -2.24. The molecule has 6 heteroatoms. The molecule has 0 bridgehead atoms. The minimum absolute atomic E-state index is 0.240. The van der Waals surface area contributed by atoms with Crippen LogP contribution in [0.3, 0.4) is 0 Å². The second-order valence-corrected chi connectivity index (χ2v) is 7.66. The average Bonchev–Trinajstić information content (AvgIpc) is 3.03. The van der Waals surface area contributed by atoms with Gasteiger partial charge in [-0.05, 0) is 38.0 Å². The zero-order chi connectivity index (χ0) is 13.0. The molecule has 1 aliphatic heterocycles. The summed E-state index contributed by atoms with van der Waals surface area (Å²) in [6.07, 6.45) is 4.45. The summed E-state index contributed by atoms with van der Waals surface area (Å²) < 4.78 is 31.7. The molecule has 0 spiro atoms. The van der Waals surface area contributed by atoms with E-state index >= 15 is 0 Å². The van der Waals surface area contributed by atoms with E-state index in [2.05, 4.69) is 0 Å². The Morgan fingerprint density at radius 3 is 2.56 bits per heavy atom. The highest BCUT2D eigenvalue weighted by Crippen LogP contribution is 2.31. The fraction of sp³-hybridized carbons (Fsp3) is 1.00. The van der Waals surface area contributed by atoms with Crippen molar-refractivity contribution in [1.82, 2.24) is 4.31 Å². The normalized spacial score (nSPS) is 24.9. The van der Waals surface area contributed by atoms with Gasteiger partial charge in [0, 0.05) is 25.1 Å². The molecular weight excluding hydrogens is 274 g/mol. The molecule has 1 saturated carbocycles. The van der Waals surface area contributed by atoms with Crippen molar-refractivity contribution in [3.05, 3.63) is 0 Å². The van der Waals surface area contributed by atoms with Crippen LogP contribution < -0.4 is 0 Å². The summed E-state index contributed by atoms with van der Waals surface area (Å²) in [5.74, 6) is 1.16. The average molecular weight is 296 g/mol. The third-order valence-corrected chi connectivity index (χ3v) is 5.79. The van der Waals surface area contributed by atoms with E-state index < -0.39 is 10.0 Å². The second kappa shape index (κ2) is 6.55. The molecule has 0 radical (unpaired) electrons. The highest BCUT2D eigenvalue weighted by molar-refractivity contribution is 7.89. The molecule has 0 aromatic carbocycles. The molecule has 18 heavy (non-hydrogen) atoms. The molecule has 2 aliphatic rings. The summed E-state index contributed by atoms with van der Waals surface area (Å²) >= 11 is 5.60. The van der Waals surface area contributed by atoms with Crippen LogP contribution in [0.15, 0.2) is 0 Å². The second-order valence-electron chi connectivity index (χ2n) is 5.24. The number of halogens is 1. The van der Waals surface area contributed by atoms with Crippen molar-refractivity contribution in [3.8, 4) is 0 Å². The molecule has 0 aromatic rings. The Balaban J connectivity index is 1.90. The van der Waals surface area contributed by atoms with Gasteiger partial charge in [-0.3, -0.25) is 0 Å². The van der Waals surface area contributed by atoms with Gasteiger partial charge in [0.1, 0.15) is 0 Å². The van der Waals surface area contributed by atoms with Crippen molar-refractivity contribution in [2.75, 3.05) is 31.4 Å². The minimum atomic E-state index is -3.10. The minimum Gasteiger partial charge on any atom is -0.381 e. The molecule has 0 N–H and O–H groups in total. The fourth-order valence-corrected chi connectivity index (χ4v) is 4.43. The summed E-state index contributed by atoms with van der Waals surface area (Å²) in [7, 11) is -3.10. The summed E-state index contributed by atoms with van der Waals surface area (Å²) in [4.78, 5) is 0. The summed E-state index contributed by atoms with van der Waals surface area (Å²) in [6.45, 7) is 2.13. The molecular formula is C12H22ClNO3S. The topological polar surface area (TPSA) is 46.6 Å². The standard InChI is InChI=1S/C12H22ClNO3S/c13-6-1-2-8-18(15,16)14(12-3-4-12)9-11-5-7-17-10-11/h11-12H,1-10H2. The quantitative estimate of drug-likeness (QED) is 0.507. The van der Waals surface area contributed by atoms with Crippen LogP contribution in [0.5, 0.6) is 0 Å². The van der Waals surface area contributed by atoms with Crippen LogP contribution in [0.2, 0.25) is 0 Å². The Bertz CT molecular complexity index is 350. The molecule has 1 heterocycles. The van der Waals surface area contributed by atoms with Gasteiger partial charge in [0.05, 0.1) is 12.4 Å². The first-order valence-corrected chi connectivity index (χ1v) is 8.91. The smallest absolute Gasteiger partial charge is 0.214 e. The third-order valence-electron chi connectivity index (χ3n) is 3.56. The Labute approximate surface area is 115 Å². The van der Waals surface area contributed by atoms with E-state index in [1.54, 1.807) is 4.31 Å². The van der Waals surface area contributed by atoms with E-state index in [1.807, 2.05) is 0 Å². The molecule has 4 nitrogen and oxygen atoms in total. The number of rotatable bonds is 8. The number of nitrogens with zero attached hydrogens (tertiary/aromatic N) is 1. The van der Waals surface area contributed by atoms with E-state index in [0.29, 0.717) is 31.4 Å². The molecule has 1 saturated heterocycles. The van der Waals surface area contributed by atoms with Gasteiger partial charge >= 0.3 is 0 Å². The van der Waals surface area contributed by atoms with Gasteiger partial charge in [-0.25, -0.2) is 8.42 Å². The lowest BCUT2D eigenvalue weighted by molar-refractivity contribution is 0.180. The molecule has 106 valence electrons. The Morgan fingerprint density at radius 2 is 2.00 bits per heavy atom. The van der Waals surface area contributed by atoms with E-state index in [-0.39, 0.29) is 11.8 Å². The van der Waals surface area contributed by atoms with Crippen molar-refractivity contribution in [2.45, 2.75) is 38.1 Å². The van der Waals surface area contributed by atoms with Crippen molar-refractivity contribution < 1.29 is 13.2 Å². The van der Waals surface area contributed by atoms with Crippen molar-refractivity contribution in [1.29, 1.82) is 0 Å². The molecule has 0 aromatic heterocycles. The maximum atomic E-state index is 12.3. The summed E-state index contributed by atoms with van der Waals surface area (Å²) in [6, 6.07) is 0.256. The number of hydrogen-bond donors (Lipinski definition) is 0. The van der Waals surface area contributed by atoms with Crippen LogP contribution in [0, 0.1) is 5.92 Å². The van der Waals surface area contributed by atoms with Crippen LogP contribution >= 0.6 is 11.6 Å². The van der Waals surface area contributed by atoms with Gasteiger partial charge in [-0.2, -0.15) is 4.31 Å². The maximum Gasteiger partial charge on any atom is 0.214 e. The van der Waals surface area contributed by atoms with E-state index in [4.69, 9.17) is 16.3 Å². The fourth-order valence-electron chi connectivity index (χ4n) is 2.33. The van der Waals surface area contributed by atoms with Gasteiger partial charge in [-0.15, -0.1) is 11.6 Å². The zero-order valence-corrected chi connectivity index (χ0v) is 12.3. The van der Waals surface area contributed by atoms with Crippen molar-refractivity contribution in [2.24, 2.45) is 5.92 Å². The Morgan fingerprint density at radius 1 is 1.22 bits per heavy atom. The van der Waals surface area contributed by atoms with Crippen molar-refractivity contribution >= 4 is 21.6 Å². The first kappa shape index (κ1) is 14.6. The zero-order valence-electron chi connectivity index (χ0n) is 10.7. The van der Waals surface area contributed by atoms with Gasteiger partial charge in [0.15, 0.2) is 0 Å².